The van der Waals surface area contributed by atoms with E-state index in [2.05, 4.69) is 41.6 Å². The molecule has 1 N–H and O–H groups in total. The number of carbonyl (C=O) groups excluding carboxylic acids is 1. The van der Waals surface area contributed by atoms with Crippen molar-refractivity contribution in [2.75, 3.05) is 32.8 Å². The van der Waals surface area contributed by atoms with Gasteiger partial charge >= 0.3 is 6.09 Å². The summed E-state index contributed by atoms with van der Waals surface area (Å²) >= 11 is 0. The fourth-order valence-corrected chi connectivity index (χ4v) is 4.83. The summed E-state index contributed by atoms with van der Waals surface area (Å²) in [5.74, 6) is 2.48. The quantitative estimate of drug-likeness (QED) is 0.186. The molecule has 3 rings (SSSR count). The Balaban J connectivity index is 1.92. The Morgan fingerprint density at radius 2 is 1.68 bits per heavy atom. The third-order valence-electron chi connectivity index (χ3n) is 6.94. The highest BCUT2D eigenvalue weighted by molar-refractivity contribution is 5.78. The standard InChI is InChI=1S/C33H50N4O4/c1-8-12-21-37-30-24-27(40-22-13-20-36(9-2)10-3)18-19-28(30)34-31(37)29(35-32(38)41-33(5,6)7)23-25-14-16-26(17-15-25)39-11-4/h14-19,24,29H,8-13,20-23H2,1-7H3,(H,35,38). The zero-order valence-corrected chi connectivity index (χ0v) is 26.2. The van der Waals surface area contributed by atoms with Crippen LogP contribution in [0, 0.1) is 0 Å². The Hall–Kier alpha value is -3.26. The molecule has 8 heteroatoms. The van der Waals surface area contributed by atoms with Crippen molar-refractivity contribution in [2.24, 2.45) is 0 Å². The van der Waals surface area contributed by atoms with E-state index in [4.69, 9.17) is 19.2 Å². The van der Waals surface area contributed by atoms with Crippen LogP contribution in [-0.2, 0) is 17.7 Å². The maximum Gasteiger partial charge on any atom is 0.408 e. The lowest BCUT2D eigenvalue weighted by Crippen LogP contribution is -2.37. The van der Waals surface area contributed by atoms with Gasteiger partial charge in [-0.2, -0.15) is 0 Å². The lowest BCUT2D eigenvalue weighted by atomic mass is 10.0. The van der Waals surface area contributed by atoms with E-state index in [-0.39, 0.29) is 6.04 Å². The van der Waals surface area contributed by atoms with E-state index in [1.165, 1.54) is 0 Å². The number of aryl methyl sites for hydroxylation is 1. The highest BCUT2D eigenvalue weighted by Crippen LogP contribution is 2.28. The van der Waals surface area contributed by atoms with Gasteiger partial charge in [-0.25, -0.2) is 9.78 Å². The summed E-state index contributed by atoms with van der Waals surface area (Å²) in [6.07, 6.45) is 3.12. The number of unbranched alkanes of at least 4 members (excludes halogenated alkanes) is 1. The maximum absolute atomic E-state index is 13.0. The second-order valence-electron chi connectivity index (χ2n) is 11.3. The van der Waals surface area contributed by atoms with Crippen LogP contribution in [0.1, 0.15) is 85.2 Å². The highest BCUT2D eigenvalue weighted by Gasteiger charge is 2.26. The van der Waals surface area contributed by atoms with E-state index in [9.17, 15) is 4.79 Å². The van der Waals surface area contributed by atoms with Crippen LogP contribution in [-0.4, -0.2) is 59.0 Å². The summed E-state index contributed by atoms with van der Waals surface area (Å²) in [6.45, 7) is 19.3. The molecular formula is C33H50N4O4. The number of hydrogen-bond donors (Lipinski definition) is 1. The Labute approximate surface area is 246 Å². The van der Waals surface area contributed by atoms with Gasteiger partial charge in [-0.3, -0.25) is 0 Å². The summed E-state index contributed by atoms with van der Waals surface area (Å²) in [7, 11) is 0. The van der Waals surface area contributed by atoms with Gasteiger partial charge in [0.15, 0.2) is 0 Å². The largest absolute Gasteiger partial charge is 0.494 e. The molecule has 0 aliphatic carbocycles. The molecule has 41 heavy (non-hydrogen) atoms. The summed E-state index contributed by atoms with van der Waals surface area (Å²) in [5.41, 5.74) is 2.36. The van der Waals surface area contributed by atoms with Gasteiger partial charge in [0.2, 0.25) is 0 Å². The van der Waals surface area contributed by atoms with Crippen molar-refractivity contribution in [3.05, 3.63) is 53.9 Å². The molecule has 1 heterocycles. The van der Waals surface area contributed by atoms with Gasteiger partial charge in [0.25, 0.3) is 0 Å². The van der Waals surface area contributed by atoms with Crippen molar-refractivity contribution >= 4 is 17.1 Å². The van der Waals surface area contributed by atoms with Crippen molar-refractivity contribution in [1.29, 1.82) is 0 Å². The molecule has 226 valence electrons. The summed E-state index contributed by atoms with van der Waals surface area (Å²) in [5, 5.41) is 3.12. The van der Waals surface area contributed by atoms with E-state index < -0.39 is 11.7 Å². The van der Waals surface area contributed by atoms with Gasteiger partial charge in [0.05, 0.1) is 30.3 Å². The second kappa shape index (κ2) is 15.7. The highest BCUT2D eigenvalue weighted by atomic mass is 16.6. The Morgan fingerprint density at radius 3 is 2.32 bits per heavy atom. The van der Waals surface area contributed by atoms with Crippen molar-refractivity contribution < 1.29 is 19.0 Å². The number of carbonyl (C=O) groups is 1. The van der Waals surface area contributed by atoms with Gasteiger partial charge in [-0.15, -0.1) is 0 Å². The van der Waals surface area contributed by atoms with Gasteiger partial charge in [0.1, 0.15) is 22.9 Å². The minimum absolute atomic E-state index is 0.384. The zero-order chi connectivity index (χ0) is 29.8. The molecule has 0 aliphatic heterocycles. The van der Waals surface area contributed by atoms with E-state index in [1.807, 2.05) is 64.1 Å². The number of rotatable bonds is 16. The molecule has 1 amide bonds. The van der Waals surface area contributed by atoms with Crippen LogP contribution in [0.3, 0.4) is 0 Å². The molecule has 1 aromatic heterocycles. The molecule has 0 saturated heterocycles. The Morgan fingerprint density at radius 1 is 0.976 bits per heavy atom. The minimum atomic E-state index is -0.604. The van der Waals surface area contributed by atoms with Gasteiger partial charge < -0.3 is 29.0 Å². The van der Waals surface area contributed by atoms with Crippen LogP contribution in [0.15, 0.2) is 42.5 Å². The summed E-state index contributed by atoms with van der Waals surface area (Å²) in [4.78, 5) is 20.4. The normalized spacial score (nSPS) is 12.5. The number of ether oxygens (including phenoxy) is 3. The van der Waals surface area contributed by atoms with Crippen molar-refractivity contribution in [1.82, 2.24) is 19.8 Å². The first-order valence-corrected chi connectivity index (χ1v) is 15.2. The summed E-state index contributed by atoms with van der Waals surface area (Å²) in [6, 6.07) is 13.7. The van der Waals surface area contributed by atoms with Crippen LogP contribution >= 0.6 is 0 Å². The van der Waals surface area contributed by atoms with Crippen molar-refractivity contribution in [3.8, 4) is 11.5 Å². The van der Waals surface area contributed by atoms with Crippen molar-refractivity contribution in [2.45, 2.75) is 92.3 Å². The van der Waals surface area contributed by atoms with Crippen LogP contribution in [0.4, 0.5) is 4.79 Å². The molecule has 0 saturated carbocycles. The van der Waals surface area contributed by atoms with Crippen LogP contribution in [0.25, 0.3) is 11.0 Å². The number of aromatic nitrogens is 2. The number of fused-ring (bicyclic) bond motifs is 1. The maximum atomic E-state index is 13.0. The third kappa shape index (κ3) is 9.95. The third-order valence-corrected chi connectivity index (χ3v) is 6.94. The topological polar surface area (TPSA) is 77.8 Å². The molecule has 8 nitrogen and oxygen atoms in total. The number of imidazole rings is 1. The van der Waals surface area contributed by atoms with E-state index in [0.717, 1.165) is 79.4 Å². The second-order valence-corrected chi connectivity index (χ2v) is 11.3. The Kier molecular flexibility index (Phi) is 12.3. The molecule has 0 bridgehead atoms. The predicted molar refractivity (Wildman–Crippen MR) is 166 cm³/mol. The van der Waals surface area contributed by atoms with Gasteiger partial charge in [-0.1, -0.05) is 39.3 Å². The average molecular weight is 567 g/mol. The molecule has 2 aromatic carbocycles. The Bertz CT molecular complexity index is 1210. The lowest BCUT2D eigenvalue weighted by molar-refractivity contribution is 0.0500. The number of nitrogens with one attached hydrogen (secondary N) is 1. The fourth-order valence-electron chi connectivity index (χ4n) is 4.83. The average Bonchev–Trinajstić information content (AvgIpc) is 3.29. The zero-order valence-electron chi connectivity index (χ0n) is 26.2. The monoisotopic (exact) mass is 566 g/mol. The number of alkyl carbamates (subject to hydrolysis) is 1. The smallest absolute Gasteiger partial charge is 0.408 e. The number of nitrogens with zero attached hydrogens (tertiary/aromatic N) is 3. The van der Waals surface area contributed by atoms with Crippen LogP contribution in [0.2, 0.25) is 0 Å². The first-order chi connectivity index (χ1) is 19.7. The molecule has 0 fully saturated rings. The van der Waals surface area contributed by atoms with Crippen LogP contribution < -0.4 is 14.8 Å². The molecular weight excluding hydrogens is 516 g/mol. The molecule has 0 spiro atoms. The van der Waals surface area contributed by atoms with Gasteiger partial charge in [-0.05, 0) is 83.5 Å². The minimum Gasteiger partial charge on any atom is -0.494 e. The van der Waals surface area contributed by atoms with Crippen molar-refractivity contribution in [3.63, 3.8) is 0 Å². The van der Waals surface area contributed by atoms with Gasteiger partial charge in [0, 0.05) is 25.6 Å². The van der Waals surface area contributed by atoms with Crippen LogP contribution in [0.5, 0.6) is 11.5 Å². The first-order valence-electron chi connectivity index (χ1n) is 15.2. The molecule has 1 atom stereocenters. The van der Waals surface area contributed by atoms with E-state index in [0.29, 0.717) is 19.6 Å². The summed E-state index contributed by atoms with van der Waals surface area (Å²) < 4.78 is 19.7. The predicted octanol–water partition coefficient (Wildman–Crippen LogP) is 7.15. The van der Waals surface area contributed by atoms with E-state index >= 15 is 0 Å². The van der Waals surface area contributed by atoms with E-state index in [1.54, 1.807) is 0 Å². The fraction of sp³-hybridized carbons (Fsp3) is 0.576. The molecule has 3 aromatic rings. The number of hydrogen-bond acceptors (Lipinski definition) is 6. The molecule has 1 unspecified atom stereocenters. The lowest BCUT2D eigenvalue weighted by Gasteiger charge is -2.24. The number of benzene rings is 2. The SMILES string of the molecule is CCCCn1c(C(Cc2ccc(OCC)cc2)NC(=O)OC(C)(C)C)nc2ccc(OCCCN(CC)CC)cc21. The number of amides is 1. The molecule has 0 aliphatic rings. The molecule has 0 radical (unpaired) electrons. The first kappa shape index (κ1) is 32.3.